The van der Waals surface area contributed by atoms with Crippen molar-refractivity contribution >= 4 is 5.97 Å². The SMILES string of the molecule is O=C([O-])c1nccn1Cc1ccc(F)cc1.[Li+]. The van der Waals surface area contributed by atoms with E-state index in [1.165, 1.54) is 29.1 Å². The molecule has 0 aliphatic rings. The van der Waals surface area contributed by atoms with Crippen molar-refractivity contribution in [1.29, 1.82) is 0 Å². The second-order valence-electron chi connectivity index (χ2n) is 3.29. The summed E-state index contributed by atoms with van der Waals surface area (Å²) in [6.45, 7) is 0.323. The van der Waals surface area contributed by atoms with Gasteiger partial charge >= 0.3 is 18.9 Å². The van der Waals surface area contributed by atoms with E-state index in [1.54, 1.807) is 12.1 Å². The van der Waals surface area contributed by atoms with Gasteiger partial charge in [0.15, 0.2) is 5.82 Å². The van der Waals surface area contributed by atoms with Gasteiger partial charge < -0.3 is 14.5 Å². The van der Waals surface area contributed by atoms with Crippen molar-refractivity contribution in [2.75, 3.05) is 0 Å². The molecule has 0 atom stereocenters. The number of hydrogen-bond donors (Lipinski definition) is 0. The number of carbonyl (C=O) groups is 1. The molecular formula is C11H8FLiN2O2. The molecule has 1 heterocycles. The molecular weight excluding hydrogens is 218 g/mol. The van der Waals surface area contributed by atoms with E-state index in [0.29, 0.717) is 6.54 Å². The van der Waals surface area contributed by atoms with Crippen LogP contribution in [0.15, 0.2) is 36.7 Å². The molecule has 1 aromatic carbocycles. The first kappa shape index (κ1) is 13.5. The smallest absolute Gasteiger partial charge is 0.542 e. The molecule has 17 heavy (non-hydrogen) atoms. The first-order chi connectivity index (χ1) is 7.66. The molecule has 0 saturated carbocycles. The number of aromatic carboxylic acids is 1. The Hall–Kier alpha value is -1.57. The molecule has 2 rings (SSSR count). The Morgan fingerprint density at radius 2 is 2.00 bits per heavy atom. The average Bonchev–Trinajstić information content (AvgIpc) is 2.69. The van der Waals surface area contributed by atoms with Crippen LogP contribution < -0.4 is 24.0 Å². The molecule has 2 aromatic rings. The van der Waals surface area contributed by atoms with Gasteiger partial charge in [0, 0.05) is 18.9 Å². The second kappa shape index (κ2) is 5.67. The van der Waals surface area contributed by atoms with Gasteiger partial charge in [-0.05, 0) is 17.7 Å². The molecule has 0 bridgehead atoms. The van der Waals surface area contributed by atoms with Crippen LogP contribution in [0, 0.1) is 5.82 Å². The standard InChI is InChI=1S/C11H9FN2O2.Li/c12-9-3-1-8(2-4-9)7-14-6-5-13-10(14)11(15)16;/h1-6H,7H2,(H,15,16);/q;+1/p-1. The van der Waals surface area contributed by atoms with Gasteiger partial charge in [0.25, 0.3) is 0 Å². The van der Waals surface area contributed by atoms with Gasteiger partial charge in [-0.2, -0.15) is 0 Å². The zero-order chi connectivity index (χ0) is 11.5. The Balaban J connectivity index is 0.00000144. The Morgan fingerprint density at radius 1 is 1.35 bits per heavy atom. The van der Waals surface area contributed by atoms with Crippen LogP contribution in [0.3, 0.4) is 0 Å². The van der Waals surface area contributed by atoms with Crippen molar-refractivity contribution in [3.8, 4) is 0 Å². The second-order valence-corrected chi connectivity index (χ2v) is 3.29. The fourth-order valence-electron chi connectivity index (χ4n) is 1.41. The van der Waals surface area contributed by atoms with E-state index < -0.39 is 5.97 Å². The summed E-state index contributed by atoms with van der Waals surface area (Å²) in [5, 5.41) is 10.7. The van der Waals surface area contributed by atoms with E-state index in [1.807, 2.05) is 0 Å². The minimum Gasteiger partial charge on any atom is -0.542 e. The van der Waals surface area contributed by atoms with Crippen LogP contribution in [0.1, 0.15) is 16.2 Å². The number of halogens is 1. The summed E-state index contributed by atoms with van der Waals surface area (Å²) in [7, 11) is 0. The average molecular weight is 226 g/mol. The number of benzene rings is 1. The van der Waals surface area contributed by atoms with Crippen LogP contribution in [-0.2, 0) is 6.54 Å². The molecule has 1 aromatic heterocycles. The van der Waals surface area contributed by atoms with Gasteiger partial charge in [-0.3, -0.25) is 0 Å². The van der Waals surface area contributed by atoms with Gasteiger partial charge in [-0.25, -0.2) is 9.37 Å². The van der Waals surface area contributed by atoms with Crippen LogP contribution in [-0.4, -0.2) is 15.5 Å². The number of aromatic nitrogens is 2. The Labute approximate surface area is 109 Å². The van der Waals surface area contributed by atoms with Crippen molar-refractivity contribution in [2.45, 2.75) is 6.54 Å². The molecule has 0 fully saturated rings. The first-order valence-electron chi connectivity index (χ1n) is 4.64. The predicted octanol–water partition coefficient (Wildman–Crippen LogP) is -2.56. The van der Waals surface area contributed by atoms with Gasteiger partial charge in [0.2, 0.25) is 0 Å². The van der Waals surface area contributed by atoms with Crippen molar-refractivity contribution in [1.82, 2.24) is 9.55 Å². The van der Waals surface area contributed by atoms with E-state index in [2.05, 4.69) is 4.98 Å². The first-order valence-corrected chi connectivity index (χ1v) is 4.64. The van der Waals surface area contributed by atoms with Crippen molar-refractivity contribution in [2.24, 2.45) is 0 Å². The number of rotatable bonds is 3. The van der Waals surface area contributed by atoms with Crippen molar-refractivity contribution in [3.05, 3.63) is 53.9 Å². The van der Waals surface area contributed by atoms with E-state index in [0.717, 1.165) is 5.56 Å². The van der Waals surface area contributed by atoms with Gasteiger partial charge in [0.1, 0.15) is 11.8 Å². The molecule has 0 aliphatic carbocycles. The van der Waals surface area contributed by atoms with Crippen molar-refractivity contribution < 1.29 is 33.2 Å². The maximum Gasteiger partial charge on any atom is 1.00 e. The van der Waals surface area contributed by atoms with Crippen LogP contribution in [0.5, 0.6) is 0 Å². The zero-order valence-electron chi connectivity index (χ0n) is 9.26. The van der Waals surface area contributed by atoms with Crippen molar-refractivity contribution in [3.63, 3.8) is 0 Å². The summed E-state index contributed by atoms with van der Waals surface area (Å²) >= 11 is 0. The number of carbonyl (C=O) groups excluding carboxylic acids is 1. The fourth-order valence-corrected chi connectivity index (χ4v) is 1.41. The van der Waals surface area contributed by atoms with E-state index in [4.69, 9.17) is 0 Å². The van der Waals surface area contributed by atoms with E-state index >= 15 is 0 Å². The monoisotopic (exact) mass is 226 g/mol. The minimum atomic E-state index is -1.33. The number of carboxylic acid groups (broad SMARTS) is 1. The largest absolute Gasteiger partial charge is 1.00 e. The van der Waals surface area contributed by atoms with Crippen LogP contribution in [0.4, 0.5) is 4.39 Å². The van der Waals surface area contributed by atoms with E-state index in [-0.39, 0.29) is 30.5 Å². The molecule has 0 amide bonds. The van der Waals surface area contributed by atoms with Crippen LogP contribution in [0.25, 0.3) is 0 Å². The third kappa shape index (κ3) is 3.19. The van der Waals surface area contributed by atoms with Crippen LogP contribution in [0.2, 0.25) is 0 Å². The molecule has 0 N–H and O–H groups in total. The topological polar surface area (TPSA) is 57.9 Å². The number of imidazole rings is 1. The third-order valence-electron chi connectivity index (χ3n) is 2.16. The Morgan fingerprint density at radius 3 is 2.59 bits per heavy atom. The molecule has 82 valence electrons. The minimum absolute atomic E-state index is 0. The number of hydrogen-bond acceptors (Lipinski definition) is 3. The molecule has 0 spiro atoms. The molecule has 0 unspecified atom stereocenters. The molecule has 0 aliphatic heterocycles. The van der Waals surface area contributed by atoms with Gasteiger partial charge in [0.05, 0.1) is 0 Å². The Bertz CT molecular complexity index is 510. The van der Waals surface area contributed by atoms with E-state index in [9.17, 15) is 14.3 Å². The molecule has 6 heteroatoms. The summed E-state index contributed by atoms with van der Waals surface area (Å²) in [6, 6.07) is 5.83. The summed E-state index contributed by atoms with van der Waals surface area (Å²) in [5.41, 5.74) is 0.793. The number of carboxylic acids is 1. The zero-order valence-corrected chi connectivity index (χ0v) is 9.26. The summed E-state index contributed by atoms with van der Waals surface area (Å²) in [6.07, 6.45) is 2.92. The summed E-state index contributed by atoms with van der Waals surface area (Å²) in [5.74, 6) is -1.79. The number of nitrogens with zero attached hydrogens (tertiary/aromatic N) is 2. The molecule has 4 nitrogen and oxygen atoms in total. The summed E-state index contributed by atoms with van der Waals surface area (Å²) in [4.78, 5) is 14.3. The van der Waals surface area contributed by atoms with Crippen LogP contribution >= 0.6 is 0 Å². The Kier molecular flexibility index (Phi) is 4.50. The quantitative estimate of drug-likeness (QED) is 0.541. The fraction of sp³-hybridized carbons (Fsp3) is 0.0909. The predicted molar refractivity (Wildman–Crippen MR) is 52.1 cm³/mol. The van der Waals surface area contributed by atoms with Gasteiger partial charge in [-0.1, -0.05) is 12.1 Å². The maximum atomic E-state index is 12.6. The third-order valence-corrected chi connectivity index (χ3v) is 2.16. The summed E-state index contributed by atoms with van der Waals surface area (Å²) < 4.78 is 14.1. The normalized spacial score (nSPS) is 9.71. The maximum absolute atomic E-state index is 12.6. The molecule has 0 saturated heterocycles. The van der Waals surface area contributed by atoms with Gasteiger partial charge in [-0.15, -0.1) is 0 Å². The molecule has 0 radical (unpaired) electrons.